The number of nitrogens with zero attached hydrogens (tertiary/aromatic N) is 1. The van der Waals surface area contributed by atoms with Crippen LogP contribution in [0.5, 0.6) is 0 Å². The van der Waals surface area contributed by atoms with E-state index in [0.717, 1.165) is 21.7 Å². The van der Waals surface area contributed by atoms with E-state index in [9.17, 15) is 0 Å². The van der Waals surface area contributed by atoms with E-state index in [4.69, 9.17) is 0 Å². The topological polar surface area (TPSA) is 40.7 Å². The molecule has 3 aromatic heterocycles. The van der Waals surface area contributed by atoms with Gasteiger partial charge in [0.05, 0.1) is 5.69 Å². The first kappa shape index (κ1) is 17.7. The predicted molar refractivity (Wildman–Crippen MR) is 126 cm³/mol. The Balaban J connectivity index is 1.55. The monoisotopic (exact) mass is 395 g/mol. The maximum absolute atomic E-state index is 4.62. The fraction of sp³-hybridized carbons (Fsp3) is 0.0800. The van der Waals surface area contributed by atoms with Crippen molar-refractivity contribution in [2.45, 2.75) is 13.8 Å². The number of aromatic nitrogens is 2. The fourth-order valence-electron chi connectivity index (χ4n) is 3.75. The third-order valence-electron chi connectivity index (χ3n) is 5.37. The van der Waals surface area contributed by atoms with E-state index in [1.807, 2.05) is 18.5 Å². The molecule has 0 saturated heterocycles. The maximum Gasteiger partial charge on any atom is 0.126 e. The summed E-state index contributed by atoms with van der Waals surface area (Å²) < 4.78 is 0. The van der Waals surface area contributed by atoms with Gasteiger partial charge >= 0.3 is 0 Å². The standard InChI is InChI=1S/C25H21N3S/c1-16-19-12-14-26-21(19)10-9-20(16)28-22-13-15-27-25-24(22)17(2)23(29-25)11-8-18-6-4-3-5-7-18/h3-15,26H,1-2H3,(H,27,28)/b11-8+. The molecule has 3 heterocycles. The van der Waals surface area contributed by atoms with E-state index in [2.05, 4.69) is 89.8 Å². The van der Waals surface area contributed by atoms with Gasteiger partial charge in [0.2, 0.25) is 0 Å². The van der Waals surface area contributed by atoms with Crippen LogP contribution in [-0.2, 0) is 0 Å². The minimum absolute atomic E-state index is 1.06. The number of fused-ring (bicyclic) bond motifs is 2. The lowest BCUT2D eigenvalue weighted by atomic mass is 10.1. The van der Waals surface area contributed by atoms with Gasteiger partial charge in [0, 0.05) is 39.2 Å². The van der Waals surface area contributed by atoms with E-state index in [1.54, 1.807) is 11.3 Å². The first-order valence-corrected chi connectivity index (χ1v) is 10.5. The number of hydrogen-bond acceptors (Lipinski definition) is 3. The first-order valence-electron chi connectivity index (χ1n) is 9.65. The Kier molecular flexibility index (Phi) is 4.41. The molecule has 3 nitrogen and oxygen atoms in total. The minimum atomic E-state index is 1.06. The van der Waals surface area contributed by atoms with Crippen LogP contribution in [0.1, 0.15) is 21.6 Å². The Morgan fingerprint density at radius 2 is 1.76 bits per heavy atom. The molecule has 2 N–H and O–H groups in total. The number of aromatic amines is 1. The van der Waals surface area contributed by atoms with Gasteiger partial charge in [0.1, 0.15) is 4.83 Å². The average molecular weight is 396 g/mol. The lowest BCUT2D eigenvalue weighted by Crippen LogP contribution is -1.95. The highest BCUT2D eigenvalue weighted by Crippen LogP contribution is 2.37. The largest absolute Gasteiger partial charge is 0.361 e. The molecule has 0 saturated carbocycles. The molecule has 0 unspecified atom stereocenters. The van der Waals surface area contributed by atoms with Gasteiger partial charge in [-0.25, -0.2) is 4.98 Å². The summed E-state index contributed by atoms with van der Waals surface area (Å²) in [4.78, 5) is 10.2. The SMILES string of the molecule is Cc1c(Nc2ccnc3sc(/C=C/c4ccccc4)c(C)c23)ccc2[nH]ccc12. The Labute approximate surface area is 173 Å². The van der Waals surface area contributed by atoms with Crippen LogP contribution in [-0.4, -0.2) is 9.97 Å². The fourth-order valence-corrected chi connectivity index (χ4v) is 4.83. The highest BCUT2D eigenvalue weighted by atomic mass is 32.1. The molecule has 142 valence electrons. The van der Waals surface area contributed by atoms with Crippen molar-refractivity contribution >= 4 is 56.0 Å². The van der Waals surface area contributed by atoms with Crippen LogP contribution < -0.4 is 5.32 Å². The Bertz CT molecular complexity index is 1340. The highest BCUT2D eigenvalue weighted by Gasteiger charge is 2.13. The number of nitrogens with one attached hydrogen (secondary N) is 2. The van der Waals surface area contributed by atoms with E-state index >= 15 is 0 Å². The highest BCUT2D eigenvalue weighted by molar-refractivity contribution is 7.19. The van der Waals surface area contributed by atoms with Gasteiger partial charge in [-0.15, -0.1) is 11.3 Å². The van der Waals surface area contributed by atoms with E-state index < -0.39 is 0 Å². The number of anilines is 2. The molecule has 0 aliphatic rings. The molecule has 0 bridgehead atoms. The van der Waals surface area contributed by atoms with Gasteiger partial charge in [0.15, 0.2) is 0 Å². The van der Waals surface area contributed by atoms with Gasteiger partial charge in [0.25, 0.3) is 0 Å². The normalized spacial score (nSPS) is 11.7. The summed E-state index contributed by atoms with van der Waals surface area (Å²) in [6.07, 6.45) is 8.22. The van der Waals surface area contributed by atoms with Crippen molar-refractivity contribution in [3.8, 4) is 0 Å². The van der Waals surface area contributed by atoms with Crippen LogP contribution >= 0.6 is 11.3 Å². The average Bonchev–Trinajstić information content (AvgIpc) is 3.35. The van der Waals surface area contributed by atoms with Crippen LogP contribution in [0.4, 0.5) is 11.4 Å². The van der Waals surface area contributed by atoms with Gasteiger partial charge in [-0.3, -0.25) is 0 Å². The summed E-state index contributed by atoms with van der Waals surface area (Å²) in [6, 6.07) is 18.8. The number of H-pyrrole nitrogens is 1. The van der Waals surface area contributed by atoms with Crippen molar-refractivity contribution < 1.29 is 0 Å². The van der Waals surface area contributed by atoms with Gasteiger partial charge in [-0.1, -0.05) is 36.4 Å². The summed E-state index contributed by atoms with van der Waals surface area (Å²) in [5.74, 6) is 0. The Hall–Kier alpha value is -3.37. The Morgan fingerprint density at radius 1 is 0.897 bits per heavy atom. The zero-order valence-corrected chi connectivity index (χ0v) is 17.2. The summed E-state index contributed by atoms with van der Waals surface area (Å²) in [5.41, 5.74) is 7.08. The van der Waals surface area contributed by atoms with E-state index in [-0.39, 0.29) is 0 Å². The molecular formula is C25H21N3S. The predicted octanol–water partition coefficient (Wildman–Crippen LogP) is 7.31. The molecule has 4 heteroatoms. The number of thiophene rings is 1. The zero-order valence-electron chi connectivity index (χ0n) is 16.4. The summed E-state index contributed by atoms with van der Waals surface area (Å²) >= 11 is 1.73. The molecule has 0 aliphatic carbocycles. The molecule has 0 aliphatic heterocycles. The number of pyridine rings is 1. The van der Waals surface area contributed by atoms with Gasteiger partial charge in [-0.2, -0.15) is 0 Å². The van der Waals surface area contributed by atoms with Crippen LogP contribution in [0.2, 0.25) is 0 Å². The molecule has 0 spiro atoms. The lowest BCUT2D eigenvalue weighted by Gasteiger charge is -2.12. The second-order valence-electron chi connectivity index (χ2n) is 7.18. The molecule has 5 rings (SSSR count). The van der Waals surface area contributed by atoms with Crippen molar-refractivity contribution in [2.75, 3.05) is 5.32 Å². The molecule has 2 aromatic carbocycles. The quantitative estimate of drug-likeness (QED) is 0.335. The van der Waals surface area contributed by atoms with Crippen LogP contribution in [0, 0.1) is 13.8 Å². The van der Waals surface area contributed by atoms with Crippen LogP contribution in [0.25, 0.3) is 33.3 Å². The van der Waals surface area contributed by atoms with Crippen molar-refractivity contribution in [3.63, 3.8) is 0 Å². The zero-order chi connectivity index (χ0) is 19.8. The van der Waals surface area contributed by atoms with Crippen molar-refractivity contribution in [2.24, 2.45) is 0 Å². The van der Waals surface area contributed by atoms with Crippen molar-refractivity contribution in [1.82, 2.24) is 9.97 Å². The van der Waals surface area contributed by atoms with Gasteiger partial charge < -0.3 is 10.3 Å². The minimum Gasteiger partial charge on any atom is -0.361 e. The Morgan fingerprint density at radius 3 is 2.62 bits per heavy atom. The number of hydrogen-bond donors (Lipinski definition) is 2. The lowest BCUT2D eigenvalue weighted by molar-refractivity contribution is 1.41. The smallest absolute Gasteiger partial charge is 0.126 e. The summed E-state index contributed by atoms with van der Waals surface area (Å²) in [7, 11) is 0. The third-order valence-corrected chi connectivity index (χ3v) is 6.53. The third kappa shape index (κ3) is 3.22. The number of benzene rings is 2. The first-order chi connectivity index (χ1) is 14.2. The molecule has 0 fully saturated rings. The van der Waals surface area contributed by atoms with Crippen LogP contribution in [0.15, 0.2) is 67.0 Å². The molecule has 5 aromatic rings. The van der Waals surface area contributed by atoms with Gasteiger partial charge in [-0.05, 0) is 60.9 Å². The molecule has 0 radical (unpaired) electrons. The maximum atomic E-state index is 4.62. The summed E-state index contributed by atoms with van der Waals surface area (Å²) in [5, 5.41) is 6.09. The summed E-state index contributed by atoms with van der Waals surface area (Å²) in [6.45, 7) is 4.34. The molecular weight excluding hydrogens is 374 g/mol. The molecule has 0 atom stereocenters. The van der Waals surface area contributed by atoms with E-state index in [0.29, 0.717) is 0 Å². The van der Waals surface area contributed by atoms with Crippen LogP contribution in [0.3, 0.4) is 0 Å². The van der Waals surface area contributed by atoms with Crippen molar-refractivity contribution in [3.05, 3.63) is 88.6 Å². The van der Waals surface area contributed by atoms with Crippen molar-refractivity contribution in [1.29, 1.82) is 0 Å². The number of rotatable bonds is 4. The number of aryl methyl sites for hydroxylation is 2. The second kappa shape index (κ2) is 7.22. The van der Waals surface area contributed by atoms with E-state index in [1.165, 1.54) is 32.3 Å². The molecule has 29 heavy (non-hydrogen) atoms. The molecule has 0 amide bonds. The second-order valence-corrected chi connectivity index (χ2v) is 8.21.